The number of esters is 2. The van der Waals surface area contributed by atoms with Gasteiger partial charge >= 0.3 is 11.9 Å². The number of aromatic nitrogens is 2. The number of hydrogen-bond acceptors (Lipinski definition) is 5. The van der Waals surface area contributed by atoms with Gasteiger partial charge in [0.1, 0.15) is 17.7 Å². The van der Waals surface area contributed by atoms with Gasteiger partial charge in [-0.25, -0.2) is 14.3 Å². The van der Waals surface area contributed by atoms with E-state index in [0.29, 0.717) is 25.1 Å². The number of pyridine rings is 2. The molecule has 0 bridgehead atoms. The topological polar surface area (TPSA) is 69.4 Å². The molecule has 0 unspecified atom stereocenters. The largest absolute Gasteiger partial charge is 0.466 e. The molecule has 128 valence electrons. The second kappa shape index (κ2) is 7.38. The summed E-state index contributed by atoms with van der Waals surface area (Å²) in [7, 11) is 0. The highest BCUT2D eigenvalue weighted by Gasteiger charge is 2.19. The molecule has 24 heavy (non-hydrogen) atoms. The summed E-state index contributed by atoms with van der Waals surface area (Å²) in [6.07, 6.45) is 4.03. The lowest BCUT2D eigenvalue weighted by Gasteiger charge is -2.19. The first-order valence-electron chi connectivity index (χ1n) is 7.97. The van der Waals surface area contributed by atoms with Crippen molar-refractivity contribution in [1.29, 1.82) is 0 Å². The molecule has 6 nitrogen and oxygen atoms in total. The number of hydrogen-bond donors (Lipinski definition) is 0. The molecule has 0 aliphatic heterocycles. The second-order valence-corrected chi connectivity index (χ2v) is 6.41. The summed E-state index contributed by atoms with van der Waals surface area (Å²) in [4.78, 5) is 27.8. The molecule has 0 N–H and O–H groups in total. The predicted molar refractivity (Wildman–Crippen MR) is 88.4 cm³/mol. The van der Waals surface area contributed by atoms with Crippen LogP contribution in [0.2, 0.25) is 0 Å². The normalized spacial score (nSPS) is 11.3. The minimum Gasteiger partial charge on any atom is -0.466 e. The van der Waals surface area contributed by atoms with E-state index in [1.165, 1.54) is 0 Å². The molecule has 2 aromatic rings. The first kappa shape index (κ1) is 17.8. The van der Waals surface area contributed by atoms with Gasteiger partial charge in [0.15, 0.2) is 18.9 Å². The number of rotatable bonds is 5. The zero-order valence-corrected chi connectivity index (χ0v) is 14.5. The first-order chi connectivity index (χ1) is 11.3. The van der Waals surface area contributed by atoms with Gasteiger partial charge in [-0.15, -0.1) is 0 Å². The molecule has 0 saturated carbocycles. The van der Waals surface area contributed by atoms with Crippen LogP contribution < -0.4 is 4.57 Å². The highest BCUT2D eigenvalue weighted by Crippen LogP contribution is 2.14. The zero-order valence-electron chi connectivity index (χ0n) is 14.5. The van der Waals surface area contributed by atoms with Crippen LogP contribution in [-0.4, -0.2) is 29.1 Å². The Hall–Kier alpha value is -2.50. The second-order valence-electron chi connectivity index (χ2n) is 6.41. The molecule has 2 aromatic heterocycles. The number of fused-ring (bicyclic) bond motifs is 1. The minimum absolute atomic E-state index is 0.219. The van der Waals surface area contributed by atoms with Gasteiger partial charge in [-0.3, -0.25) is 4.79 Å². The average Bonchev–Trinajstić information content (AvgIpc) is 2.51. The van der Waals surface area contributed by atoms with Crippen molar-refractivity contribution in [2.45, 2.75) is 46.3 Å². The van der Waals surface area contributed by atoms with Crippen LogP contribution in [0.1, 0.15) is 44.6 Å². The third kappa shape index (κ3) is 5.01. The van der Waals surface area contributed by atoms with Crippen molar-refractivity contribution >= 4 is 22.8 Å². The lowest BCUT2D eigenvalue weighted by molar-refractivity contribution is -0.694. The Bertz CT molecular complexity index is 750. The Morgan fingerprint density at radius 2 is 1.96 bits per heavy atom. The Morgan fingerprint density at radius 1 is 1.21 bits per heavy atom. The molecule has 0 fully saturated rings. The van der Waals surface area contributed by atoms with E-state index in [9.17, 15) is 9.59 Å². The van der Waals surface area contributed by atoms with Crippen LogP contribution in [-0.2, 0) is 20.8 Å². The van der Waals surface area contributed by atoms with Crippen molar-refractivity contribution in [3.63, 3.8) is 0 Å². The summed E-state index contributed by atoms with van der Waals surface area (Å²) in [5.74, 6) is -0.660. The van der Waals surface area contributed by atoms with Crippen molar-refractivity contribution in [3.05, 3.63) is 36.3 Å². The van der Waals surface area contributed by atoms with Crippen LogP contribution in [0.5, 0.6) is 0 Å². The SMILES string of the molecule is CCOC(=O)CC[n+]1ccc2nc(C(=O)OC(C)(C)C)ccc2c1. The fourth-order valence-corrected chi connectivity index (χ4v) is 2.15. The van der Waals surface area contributed by atoms with Gasteiger partial charge in [-0.1, -0.05) is 0 Å². The van der Waals surface area contributed by atoms with Crippen molar-refractivity contribution in [2.75, 3.05) is 6.61 Å². The van der Waals surface area contributed by atoms with E-state index in [-0.39, 0.29) is 11.7 Å². The van der Waals surface area contributed by atoms with Crippen molar-refractivity contribution < 1.29 is 23.6 Å². The average molecular weight is 331 g/mol. The van der Waals surface area contributed by atoms with Gasteiger partial charge in [-0.05, 0) is 39.8 Å². The van der Waals surface area contributed by atoms with Gasteiger partial charge in [-0.2, -0.15) is 0 Å². The summed E-state index contributed by atoms with van der Waals surface area (Å²) in [6.45, 7) is 8.16. The summed E-state index contributed by atoms with van der Waals surface area (Å²) >= 11 is 0. The van der Waals surface area contributed by atoms with E-state index in [4.69, 9.17) is 9.47 Å². The molecule has 0 radical (unpaired) electrons. The quantitative estimate of drug-likeness (QED) is 0.622. The number of nitrogens with zero attached hydrogens (tertiary/aromatic N) is 2. The maximum Gasteiger partial charge on any atom is 0.357 e. The molecule has 6 heteroatoms. The van der Waals surface area contributed by atoms with Crippen LogP contribution in [0.15, 0.2) is 30.6 Å². The monoisotopic (exact) mass is 331 g/mol. The summed E-state index contributed by atoms with van der Waals surface area (Å²) in [5, 5.41) is 0.883. The molecular formula is C18H23N2O4+. The lowest BCUT2D eigenvalue weighted by Crippen LogP contribution is -2.34. The maximum absolute atomic E-state index is 12.1. The van der Waals surface area contributed by atoms with Gasteiger partial charge in [0.2, 0.25) is 0 Å². The standard InChI is InChI=1S/C18H23N2O4/c1-5-23-16(21)9-11-20-10-8-14-13(12-20)6-7-15(19-14)17(22)24-18(2,3)4/h6-8,10,12H,5,9,11H2,1-4H3/q+1. The van der Waals surface area contributed by atoms with Crippen LogP contribution in [0.4, 0.5) is 0 Å². The van der Waals surface area contributed by atoms with E-state index < -0.39 is 11.6 Å². The summed E-state index contributed by atoms with van der Waals surface area (Å²) in [6, 6.07) is 5.28. The molecule has 0 atom stereocenters. The number of carbonyl (C=O) groups excluding carboxylic acids is 2. The zero-order chi connectivity index (χ0) is 17.7. The first-order valence-corrected chi connectivity index (χ1v) is 7.97. The van der Waals surface area contributed by atoms with Crippen molar-refractivity contribution in [2.24, 2.45) is 0 Å². The molecule has 0 amide bonds. The van der Waals surface area contributed by atoms with E-state index >= 15 is 0 Å². The number of ether oxygens (including phenoxy) is 2. The lowest BCUT2D eigenvalue weighted by atomic mass is 10.2. The Labute approximate surface area is 141 Å². The molecule has 0 aliphatic rings. The van der Waals surface area contributed by atoms with Crippen LogP contribution in [0.25, 0.3) is 10.9 Å². The van der Waals surface area contributed by atoms with Crippen molar-refractivity contribution in [3.8, 4) is 0 Å². The summed E-state index contributed by atoms with van der Waals surface area (Å²) < 4.78 is 12.1. The fraction of sp³-hybridized carbons (Fsp3) is 0.444. The molecular weight excluding hydrogens is 308 g/mol. The Morgan fingerprint density at radius 3 is 2.62 bits per heavy atom. The molecule has 2 rings (SSSR count). The molecule has 0 aromatic carbocycles. The third-order valence-corrected chi connectivity index (χ3v) is 3.17. The Balaban J connectivity index is 2.13. The maximum atomic E-state index is 12.1. The fourth-order valence-electron chi connectivity index (χ4n) is 2.15. The molecule has 0 aliphatic carbocycles. The van der Waals surface area contributed by atoms with E-state index in [1.54, 1.807) is 13.0 Å². The van der Waals surface area contributed by atoms with Crippen LogP contribution >= 0.6 is 0 Å². The van der Waals surface area contributed by atoms with Gasteiger partial charge in [0.25, 0.3) is 0 Å². The minimum atomic E-state index is -0.555. The molecule has 0 saturated heterocycles. The third-order valence-electron chi connectivity index (χ3n) is 3.17. The van der Waals surface area contributed by atoms with E-state index in [2.05, 4.69) is 4.98 Å². The number of aryl methyl sites for hydroxylation is 1. The van der Waals surface area contributed by atoms with Gasteiger partial charge in [0.05, 0.1) is 17.5 Å². The molecule has 0 spiro atoms. The molecule has 2 heterocycles. The van der Waals surface area contributed by atoms with Gasteiger partial charge < -0.3 is 9.47 Å². The van der Waals surface area contributed by atoms with Crippen LogP contribution in [0, 0.1) is 0 Å². The number of carbonyl (C=O) groups is 2. The Kier molecular flexibility index (Phi) is 5.49. The van der Waals surface area contributed by atoms with E-state index in [1.807, 2.05) is 49.9 Å². The predicted octanol–water partition coefficient (Wildman–Crippen LogP) is 2.43. The van der Waals surface area contributed by atoms with Gasteiger partial charge in [0, 0.05) is 6.07 Å². The van der Waals surface area contributed by atoms with Crippen molar-refractivity contribution in [1.82, 2.24) is 4.98 Å². The van der Waals surface area contributed by atoms with E-state index in [0.717, 1.165) is 5.39 Å². The summed E-state index contributed by atoms with van der Waals surface area (Å²) in [5.41, 5.74) is 0.424. The highest BCUT2D eigenvalue weighted by atomic mass is 16.6. The van der Waals surface area contributed by atoms with Crippen LogP contribution in [0.3, 0.4) is 0 Å². The highest BCUT2D eigenvalue weighted by molar-refractivity contribution is 5.90. The smallest absolute Gasteiger partial charge is 0.357 e.